The smallest absolute Gasteiger partial charge is 0.148 e. The fourth-order valence-corrected chi connectivity index (χ4v) is 11.5. The van der Waals surface area contributed by atoms with Gasteiger partial charge in [-0.05, 0) is 148 Å². The molecule has 0 aliphatic carbocycles. The van der Waals surface area contributed by atoms with Crippen molar-refractivity contribution in [3.63, 3.8) is 0 Å². The molecule has 0 saturated heterocycles. The number of aliphatic hydroxyl groups is 28. The summed E-state index contributed by atoms with van der Waals surface area (Å²) in [5.41, 5.74) is 0. The van der Waals surface area contributed by atoms with Gasteiger partial charge in [-0.25, -0.2) is 0 Å². The second kappa shape index (κ2) is 197. The number of rotatable bonds is 85. The molecular weight excluding hydrogens is 1650 g/mol. The number of aliphatic hydroxyl groups excluding tert-OH is 26. The predicted molar refractivity (Wildman–Crippen MR) is 530 cm³/mol. The van der Waals surface area contributed by atoms with Gasteiger partial charge in [0.1, 0.15) is 13.1 Å². The van der Waals surface area contributed by atoms with Crippen LogP contribution >= 0.6 is 0 Å². The van der Waals surface area contributed by atoms with Crippen LogP contribution in [0.4, 0.5) is 0 Å². The van der Waals surface area contributed by atoms with Gasteiger partial charge in [-0.3, -0.25) is 0 Å². The zero-order valence-corrected chi connectivity index (χ0v) is 83.4. The highest BCUT2D eigenvalue weighted by molar-refractivity contribution is 4.54. The number of hydrogen-bond acceptors (Lipinski definition) is 28. The van der Waals surface area contributed by atoms with Crippen LogP contribution < -0.4 is 0 Å². The van der Waals surface area contributed by atoms with Crippen molar-refractivity contribution in [1.82, 2.24) is 0 Å². The molecule has 0 aliphatic rings. The first kappa shape index (κ1) is 158. The highest BCUT2D eigenvalue weighted by Crippen LogP contribution is 2.16. The minimum Gasteiger partial charge on any atom is -0.396 e. The summed E-state index contributed by atoms with van der Waals surface area (Å²) in [6.07, 6.45) is 82.4. The van der Waals surface area contributed by atoms with E-state index in [9.17, 15) is 0 Å². The molecule has 0 amide bonds. The molecule has 0 fully saturated rings. The van der Waals surface area contributed by atoms with E-state index in [1.54, 1.807) is 0 Å². The first-order chi connectivity index (χ1) is 62.6. The molecule has 0 aliphatic heterocycles. The quantitative estimate of drug-likeness (QED) is 0.0199. The third-order valence-electron chi connectivity index (χ3n) is 19.1. The molecule has 28 nitrogen and oxygen atoms in total. The van der Waals surface area contributed by atoms with Crippen LogP contribution in [0.5, 0.6) is 0 Å². The number of unbranched alkanes of at least 4 members (excludes halogenated alkanes) is 62. The molecule has 128 heavy (non-hydrogen) atoms. The Labute approximate surface area is 786 Å². The second-order valence-electron chi connectivity index (χ2n) is 31.9. The van der Waals surface area contributed by atoms with E-state index >= 15 is 0 Å². The van der Waals surface area contributed by atoms with Gasteiger partial charge in [-0.1, -0.05) is 327 Å². The third-order valence-corrected chi connectivity index (χ3v) is 19.1. The maximum absolute atomic E-state index is 8.61. The second-order valence-corrected chi connectivity index (χ2v) is 31.9. The van der Waals surface area contributed by atoms with E-state index in [1.807, 2.05) is 0 Å². The van der Waals surface area contributed by atoms with Crippen molar-refractivity contribution in [3.8, 4) is 0 Å². The monoisotopic (exact) mass is 1880 g/mol. The summed E-state index contributed by atoms with van der Waals surface area (Å²) >= 11 is 0. The lowest BCUT2D eigenvalue weighted by Gasteiger charge is -2.02. The molecule has 0 spiro atoms. The van der Waals surface area contributed by atoms with Gasteiger partial charge in [-0.15, -0.1) is 0 Å². The van der Waals surface area contributed by atoms with Gasteiger partial charge in [-0.2, -0.15) is 0 Å². The van der Waals surface area contributed by atoms with Crippen LogP contribution in [0.15, 0.2) is 0 Å². The average Bonchev–Trinajstić information content (AvgIpc) is 1.16. The van der Waals surface area contributed by atoms with Gasteiger partial charge >= 0.3 is 0 Å². The molecule has 0 rings (SSSR count). The Bertz CT molecular complexity index is 1350. The van der Waals surface area contributed by atoms with Gasteiger partial charge in [0.2, 0.25) is 0 Å². The summed E-state index contributed by atoms with van der Waals surface area (Å²) in [5.74, 6) is 0. The van der Waals surface area contributed by atoms with Crippen molar-refractivity contribution in [1.29, 1.82) is 0 Å². The minimum atomic E-state index is -1.17. The molecule has 0 aromatic carbocycles. The minimum absolute atomic E-state index is 0.0938. The Morgan fingerprint density at radius 2 is 0.125 bits per heavy atom. The highest BCUT2D eigenvalue weighted by Gasteiger charge is 1.99. The molecule has 0 aromatic heterocycles. The molecule has 0 heterocycles. The molecule has 0 bridgehead atoms. The lowest BCUT2D eigenvalue weighted by molar-refractivity contribution is -0.0228. The summed E-state index contributed by atoms with van der Waals surface area (Å²) in [6, 6.07) is 0. The first-order valence-electron chi connectivity index (χ1n) is 51.8. The Balaban J connectivity index is -0.0000000930. The topological polar surface area (TPSA) is 566 Å². The van der Waals surface area contributed by atoms with Gasteiger partial charge in [0, 0.05) is 145 Å². The molecule has 0 radical (unpaired) electrons. The molecular formula is C100H228O28. The van der Waals surface area contributed by atoms with E-state index in [1.165, 1.54) is 283 Å². The maximum Gasteiger partial charge on any atom is 0.148 e. The van der Waals surface area contributed by atoms with Crippen LogP contribution in [0.2, 0.25) is 0 Å². The lowest BCUT2D eigenvalue weighted by Crippen LogP contribution is -1.92. The molecule has 28 N–H and O–H groups in total. The highest BCUT2D eigenvalue weighted by atomic mass is 16.5. The fourth-order valence-electron chi connectivity index (χ4n) is 11.5. The molecule has 0 saturated carbocycles. The Hall–Kier alpha value is -1.12. The molecule has 0 atom stereocenters. The molecule has 796 valence electrons. The zero-order valence-electron chi connectivity index (χ0n) is 83.4. The normalized spacial score (nSPS) is 10.1. The standard InChI is InChI=1S/C14H30O2.C13H28O2.C12H26O2.C11H24O2.C10H22O2.C9H20O2.C8H18O2.C6H14O2.C5H12O2.C4H10O2.C3H8O2.2C2H6O2.CH4O2/c15-13-11-9-7-5-3-1-2-4-6-8-10-12-14-16;14-12-10-8-6-4-2-1-3-5-7-9-11-13-15;13-11-9-7-5-3-1-2-4-6-8-10-12-14;12-10-8-6-4-2-1-3-5-7-9-11-13;11-9-7-5-3-1-2-4-6-8-10-12;10-8-6-4-2-1-3-5-7-9-11;9-7-5-3-1-2-4-6-8-10;7-5-3-1-2-4-6-8;6-4-2-1-3-5-7;5-3-1-2-4-6;4-2-1-3-5;1-2(3)4;3-1-2-4;2-1-3/h15-16H,1-14H2;14-15H,1-13H2;13-14H,1-12H2;12-13H,1-11H2;11-12H,1-10H2;10-11H,1-9H2;9-10H,1-8H2;7-8H,1-6H2;6-7H,1-5H2;5-6H,1-4H2;4-5H,1-3H2;2-4H,1H3;3-4H,1-2H2;2-3H,1H2. The van der Waals surface area contributed by atoms with Crippen LogP contribution in [0.3, 0.4) is 0 Å². The van der Waals surface area contributed by atoms with Gasteiger partial charge < -0.3 is 143 Å². The van der Waals surface area contributed by atoms with Crippen molar-refractivity contribution in [2.24, 2.45) is 0 Å². The zero-order chi connectivity index (χ0) is 98.9. The molecule has 0 aromatic rings. The van der Waals surface area contributed by atoms with Crippen LogP contribution in [0.25, 0.3) is 0 Å². The Morgan fingerprint density at radius 1 is 0.0859 bits per heavy atom. The van der Waals surface area contributed by atoms with Crippen LogP contribution in [-0.4, -0.2) is 315 Å². The van der Waals surface area contributed by atoms with E-state index in [0.29, 0.717) is 98.9 Å². The van der Waals surface area contributed by atoms with E-state index in [0.717, 1.165) is 186 Å². The van der Waals surface area contributed by atoms with Crippen molar-refractivity contribution >= 4 is 0 Å². The van der Waals surface area contributed by atoms with E-state index in [4.69, 9.17) is 143 Å². The lowest BCUT2D eigenvalue weighted by atomic mass is 10.1. The third kappa shape index (κ3) is 272. The largest absolute Gasteiger partial charge is 0.396 e. The van der Waals surface area contributed by atoms with E-state index < -0.39 is 13.1 Å². The van der Waals surface area contributed by atoms with Crippen LogP contribution in [0.1, 0.15) is 476 Å². The Morgan fingerprint density at radius 3 is 0.164 bits per heavy atom. The van der Waals surface area contributed by atoms with Gasteiger partial charge in [0.25, 0.3) is 0 Å². The van der Waals surface area contributed by atoms with Crippen molar-refractivity contribution in [2.75, 3.05) is 165 Å². The van der Waals surface area contributed by atoms with Crippen molar-refractivity contribution in [3.05, 3.63) is 0 Å². The fraction of sp³-hybridized carbons (Fsp3) is 1.00. The average molecular weight is 1880 g/mol. The van der Waals surface area contributed by atoms with Gasteiger partial charge in [0.15, 0.2) is 0 Å². The number of hydrogen-bond donors (Lipinski definition) is 28. The molecule has 28 heteroatoms. The summed E-state index contributed by atoms with van der Waals surface area (Å²) in [6.45, 7) is 6.69. The first-order valence-corrected chi connectivity index (χ1v) is 51.8. The SMILES string of the molecule is CC(O)O.OCCCCCCCCCCCCCCO.OCCCCCCCCCCCCCO.OCCCCCCCCCCCCO.OCCCCCCCCCCCO.OCCCCCCCCCCO.OCCCCCCCCCO.OCCCCCCCCO.OCCCCCCO.OCCCCCO.OCCCCO.OCCCO.OCCO.OCO. The summed E-state index contributed by atoms with van der Waals surface area (Å²) in [4.78, 5) is 0. The molecule has 0 unspecified atom stereocenters. The van der Waals surface area contributed by atoms with Crippen LogP contribution in [0, 0.1) is 0 Å². The van der Waals surface area contributed by atoms with Gasteiger partial charge in [0.05, 0.1) is 13.2 Å². The summed E-state index contributed by atoms with van der Waals surface area (Å²) in [5, 5.41) is 229. The van der Waals surface area contributed by atoms with Crippen LogP contribution in [-0.2, 0) is 0 Å². The Kier molecular flexibility index (Phi) is 243. The van der Waals surface area contributed by atoms with E-state index in [-0.39, 0.29) is 66.1 Å². The van der Waals surface area contributed by atoms with E-state index in [2.05, 4.69) is 0 Å². The van der Waals surface area contributed by atoms with Crippen molar-refractivity contribution < 1.29 is 143 Å². The maximum atomic E-state index is 8.61. The predicted octanol–water partition coefficient (Wildman–Crippen LogP) is 14.4. The summed E-state index contributed by atoms with van der Waals surface area (Å²) < 4.78 is 0. The van der Waals surface area contributed by atoms with Crippen molar-refractivity contribution in [2.45, 2.75) is 482 Å². The summed E-state index contributed by atoms with van der Waals surface area (Å²) in [7, 11) is 0.